The van der Waals surface area contributed by atoms with Gasteiger partial charge in [-0.25, -0.2) is 13.1 Å². The van der Waals surface area contributed by atoms with Crippen LogP contribution in [0.2, 0.25) is 0 Å². The molecule has 2 aliphatic carbocycles. The number of rotatable bonds is 3. The molecule has 0 heterocycles. The Morgan fingerprint density at radius 2 is 1.84 bits per heavy atom. The molecule has 1 saturated carbocycles. The number of benzene rings is 1. The minimum atomic E-state index is -3.33. The highest BCUT2D eigenvalue weighted by molar-refractivity contribution is 7.90. The zero-order chi connectivity index (χ0) is 13.5. The lowest BCUT2D eigenvalue weighted by Gasteiger charge is -2.20. The van der Waals surface area contributed by atoms with Gasteiger partial charge < -0.3 is 5.11 Å². The lowest BCUT2D eigenvalue weighted by molar-refractivity contribution is 0.151. The summed E-state index contributed by atoms with van der Waals surface area (Å²) in [5, 5.41) is 9.80. The Balaban J connectivity index is 1.83. The van der Waals surface area contributed by atoms with Crippen molar-refractivity contribution >= 4 is 10.0 Å². The molecular formula is C14H19NO3S. The molecule has 1 fully saturated rings. The zero-order valence-electron chi connectivity index (χ0n) is 10.7. The first-order valence-electron chi connectivity index (χ1n) is 6.85. The van der Waals surface area contributed by atoms with E-state index in [9.17, 15) is 13.5 Å². The van der Waals surface area contributed by atoms with Crippen molar-refractivity contribution in [2.45, 2.75) is 49.5 Å². The second kappa shape index (κ2) is 4.89. The fourth-order valence-electron chi connectivity index (χ4n) is 3.19. The summed E-state index contributed by atoms with van der Waals surface area (Å²) in [6.07, 6.45) is 3.30. The van der Waals surface area contributed by atoms with Crippen molar-refractivity contribution < 1.29 is 13.5 Å². The molecule has 104 valence electrons. The van der Waals surface area contributed by atoms with Crippen LogP contribution in [-0.4, -0.2) is 24.9 Å². The van der Waals surface area contributed by atoms with Crippen molar-refractivity contribution in [1.29, 1.82) is 0 Å². The minimum absolute atomic E-state index is 0.285. The highest BCUT2D eigenvalue weighted by Crippen LogP contribution is 2.33. The van der Waals surface area contributed by atoms with E-state index in [-0.39, 0.29) is 5.25 Å². The zero-order valence-corrected chi connectivity index (χ0v) is 11.6. The first kappa shape index (κ1) is 13.1. The fraction of sp³-hybridized carbons (Fsp3) is 0.571. The number of hydrogen-bond acceptors (Lipinski definition) is 3. The van der Waals surface area contributed by atoms with Crippen molar-refractivity contribution in [2.24, 2.45) is 0 Å². The number of sulfonamides is 1. The molecule has 0 amide bonds. The summed E-state index contributed by atoms with van der Waals surface area (Å²) in [7, 11) is -3.33. The predicted octanol–water partition coefficient (Wildman–Crippen LogP) is 1.51. The van der Waals surface area contributed by atoms with Crippen LogP contribution in [0.25, 0.3) is 0 Å². The summed E-state index contributed by atoms with van der Waals surface area (Å²) >= 11 is 0. The summed E-state index contributed by atoms with van der Waals surface area (Å²) in [5.74, 6) is 0. The van der Waals surface area contributed by atoms with E-state index >= 15 is 0 Å². The van der Waals surface area contributed by atoms with Crippen LogP contribution in [0.15, 0.2) is 24.3 Å². The lowest BCUT2D eigenvalue weighted by atomic mass is 10.1. The third kappa shape index (κ3) is 2.42. The van der Waals surface area contributed by atoms with E-state index in [1.807, 2.05) is 24.3 Å². The summed E-state index contributed by atoms with van der Waals surface area (Å²) in [6, 6.07) is 7.16. The normalized spacial score (nSPS) is 27.6. The van der Waals surface area contributed by atoms with Crippen molar-refractivity contribution in [3.63, 3.8) is 0 Å². The number of fused-ring (bicyclic) bond motifs is 1. The monoisotopic (exact) mass is 281 g/mol. The van der Waals surface area contributed by atoms with E-state index in [4.69, 9.17) is 0 Å². The van der Waals surface area contributed by atoms with Crippen LogP contribution in [0.1, 0.15) is 42.9 Å². The summed E-state index contributed by atoms with van der Waals surface area (Å²) in [6.45, 7) is 0. The van der Waals surface area contributed by atoms with E-state index in [0.29, 0.717) is 6.42 Å². The molecule has 2 atom stereocenters. The van der Waals surface area contributed by atoms with Crippen LogP contribution >= 0.6 is 0 Å². The minimum Gasteiger partial charge on any atom is -0.391 e. The lowest BCUT2D eigenvalue weighted by Crippen LogP contribution is -2.39. The van der Waals surface area contributed by atoms with E-state index in [1.54, 1.807) is 0 Å². The standard InChI is InChI=1S/C14H19NO3S/c16-13-9-10-5-1-4-8-12(10)14(13)15-19(17,18)11-6-2-3-7-11/h1,4-5,8,11,13-16H,2-3,6-7,9H2/t13-,14+/m1/s1. The summed E-state index contributed by atoms with van der Waals surface area (Å²) in [5.41, 5.74) is 1.95. The molecule has 0 saturated heterocycles. The van der Waals surface area contributed by atoms with Gasteiger partial charge in [-0.1, -0.05) is 37.1 Å². The highest BCUT2D eigenvalue weighted by Gasteiger charge is 2.37. The first-order chi connectivity index (χ1) is 9.08. The summed E-state index contributed by atoms with van der Waals surface area (Å²) in [4.78, 5) is 0. The average molecular weight is 281 g/mol. The molecule has 2 N–H and O–H groups in total. The highest BCUT2D eigenvalue weighted by atomic mass is 32.2. The number of aliphatic hydroxyl groups is 1. The van der Waals surface area contributed by atoms with Crippen molar-refractivity contribution in [1.82, 2.24) is 4.72 Å². The van der Waals surface area contributed by atoms with Crippen molar-refractivity contribution in [3.05, 3.63) is 35.4 Å². The molecule has 0 aliphatic heterocycles. The average Bonchev–Trinajstić information content (AvgIpc) is 2.99. The van der Waals surface area contributed by atoms with E-state index < -0.39 is 22.2 Å². The van der Waals surface area contributed by atoms with Crippen molar-refractivity contribution in [3.8, 4) is 0 Å². The fourth-order valence-corrected chi connectivity index (χ4v) is 4.97. The molecule has 0 unspecified atom stereocenters. The van der Waals surface area contributed by atoms with E-state index in [1.165, 1.54) is 0 Å². The second-order valence-corrected chi connectivity index (χ2v) is 7.51. The molecule has 0 bridgehead atoms. The number of aliphatic hydroxyl groups excluding tert-OH is 1. The number of nitrogens with one attached hydrogen (secondary N) is 1. The third-order valence-corrected chi connectivity index (χ3v) is 6.17. The molecule has 0 spiro atoms. The Bertz CT molecular complexity index is 564. The van der Waals surface area contributed by atoms with Gasteiger partial charge in [-0.15, -0.1) is 0 Å². The van der Waals surface area contributed by atoms with Gasteiger partial charge in [0, 0.05) is 6.42 Å². The van der Waals surface area contributed by atoms with Gasteiger partial charge >= 0.3 is 0 Å². The van der Waals surface area contributed by atoms with E-state index in [2.05, 4.69) is 4.72 Å². The molecule has 19 heavy (non-hydrogen) atoms. The Morgan fingerprint density at radius 1 is 1.16 bits per heavy atom. The Kier molecular flexibility index (Phi) is 3.37. The number of hydrogen-bond donors (Lipinski definition) is 2. The van der Waals surface area contributed by atoms with Crippen LogP contribution in [0.4, 0.5) is 0 Å². The van der Waals surface area contributed by atoms with Crippen LogP contribution in [0.5, 0.6) is 0 Å². The van der Waals surface area contributed by atoms with Gasteiger partial charge in [-0.2, -0.15) is 0 Å². The van der Waals surface area contributed by atoms with Crippen molar-refractivity contribution in [2.75, 3.05) is 0 Å². The van der Waals surface area contributed by atoms with Gasteiger partial charge in [0.15, 0.2) is 0 Å². The Labute approximate surface area is 113 Å². The van der Waals surface area contributed by atoms with Crippen LogP contribution in [-0.2, 0) is 16.4 Å². The molecular weight excluding hydrogens is 262 g/mol. The maximum atomic E-state index is 12.3. The van der Waals surface area contributed by atoms with Gasteiger partial charge in [0.05, 0.1) is 17.4 Å². The summed E-state index contributed by atoms with van der Waals surface area (Å²) < 4.78 is 27.4. The van der Waals surface area contributed by atoms with Gasteiger partial charge in [0.25, 0.3) is 0 Å². The van der Waals surface area contributed by atoms with Crippen LogP contribution in [0, 0.1) is 0 Å². The third-order valence-electron chi connectivity index (χ3n) is 4.24. The molecule has 1 aromatic carbocycles. The second-order valence-electron chi connectivity index (χ2n) is 5.52. The predicted molar refractivity (Wildman–Crippen MR) is 73.2 cm³/mol. The molecule has 0 radical (unpaired) electrons. The SMILES string of the molecule is O=S(=O)(N[C@H]1c2ccccc2C[C@H]1O)C1CCCC1. The molecule has 5 heteroatoms. The maximum Gasteiger partial charge on any atom is 0.215 e. The quantitative estimate of drug-likeness (QED) is 0.882. The van der Waals surface area contributed by atoms with Crippen LogP contribution in [0.3, 0.4) is 0 Å². The van der Waals surface area contributed by atoms with Gasteiger partial charge in [0.1, 0.15) is 0 Å². The maximum absolute atomic E-state index is 12.3. The molecule has 1 aromatic rings. The Hall–Kier alpha value is -0.910. The van der Waals surface area contributed by atoms with Gasteiger partial charge in [-0.05, 0) is 24.0 Å². The van der Waals surface area contributed by atoms with E-state index in [0.717, 1.165) is 36.8 Å². The van der Waals surface area contributed by atoms with Gasteiger partial charge in [0.2, 0.25) is 10.0 Å². The molecule has 4 nitrogen and oxygen atoms in total. The van der Waals surface area contributed by atoms with Crippen LogP contribution < -0.4 is 4.72 Å². The molecule has 0 aromatic heterocycles. The molecule has 2 aliphatic rings. The smallest absolute Gasteiger partial charge is 0.215 e. The largest absolute Gasteiger partial charge is 0.391 e. The topological polar surface area (TPSA) is 66.4 Å². The molecule has 3 rings (SSSR count). The Morgan fingerprint density at radius 3 is 2.58 bits per heavy atom. The van der Waals surface area contributed by atoms with Gasteiger partial charge in [-0.3, -0.25) is 0 Å². The first-order valence-corrected chi connectivity index (χ1v) is 8.39.